The number of para-hydroxylation sites is 1. The Hall–Kier alpha value is -2.67. The lowest BCUT2D eigenvalue weighted by Gasteiger charge is -2.08. The van der Waals surface area contributed by atoms with E-state index in [0.717, 1.165) is 0 Å². The molecule has 0 saturated carbocycles. The van der Waals surface area contributed by atoms with Crippen LogP contribution in [0.1, 0.15) is 5.89 Å². The van der Waals surface area contributed by atoms with E-state index in [0.29, 0.717) is 17.1 Å². The predicted molar refractivity (Wildman–Crippen MR) is 81.7 cm³/mol. The van der Waals surface area contributed by atoms with Crippen molar-refractivity contribution in [3.05, 3.63) is 60.5 Å². The Balaban J connectivity index is 1.94. The summed E-state index contributed by atoms with van der Waals surface area (Å²) >= 11 is 0. The van der Waals surface area contributed by atoms with E-state index in [2.05, 4.69) is 14.9 Å². The lowest BCUT2D eigenvalue weighted by atomic mass is 10.2. The second kappa shape index (κ2) is 5.61. The van der Waals surface area contributed by atoms with E-state index in [1.807, 2.05) is 6.07 Å². The minimum absolute atomic E-state index is 0.129. The first-order valence-electron chi connectivity index (χ1n) is 6.53. The Morgan fingerprint density at radius 1 is 1.00 bits per heavy atom. The third kappa shape index (κ3) is 2.99. The summed E-state index contributed by atoms with van der Waals surface area (Å²) in [5, 5.41) is 7.63. The van der Waals surface area contributed by atoms with Crippen LogP contribution in [0, 0.1) is 6.92 Å². The Morgan fingerprint density at radius 3 is 2.45 bits per heavy atom. The number of anilines is 1. The minimum atomic E-state index is -3.68. The largest absolute Gasteiger partial charge is 0.421 e. The molecule has 0 aliphatic carbocycles. The molecule has 2 aromatic carbocycles. The van der Waals surface area contributed by atoms with E-state index in [4.69, 9.17) is 4.42 Å². The lowest BCUT2D eigenvalue weighted by molar-refractivity contribution is 0.532. The zero-order valence-electron chi connectivity index (χ0n) is 11.7. The van der Waals surface area contributed by atoms with Crippen molar-refractivity contribution in [1.29, 1.82) is 0 Å². The topological polar surface area (TPSA) is 85.1 Å². The van der Waals surface area contributed by atoms with Gasteiger partial charge in [-0.2, -0.15) is 0 Å². The molecule has 3 rings (SSSR count). The molecule has 1 aromatic heterocycles. The van der Waals surface area contributed by atoms with E-state index in [1.54, 1.807) is 43.3 Å². The fourth-order valence-electron chi connectivity index (χ4n) is 1.93. The maximum Gasteiger partial charge on any atom is 0.261 e. The van der Waals surface area contributed by atoms with Crippen LogP contribution in [0.2, 0.25) is 0 Å². The first-order valence-corrected chi connectivity index (χ1v) is 8.01. The third-order valence-electron chi connectivity index (χ3n) is 2.94. The number of hydrogen-bond acceptors (Lipinski definition) is 5. The Kier molecular flexibility index (Phi) is 3.64. The fraction of sp³-hybridized carbons (Fsp3) is 0.0667. The summed E-state index contributed by atoms with van der Waals surface area (Å²) in [4.78, 5) is 0.129. The molecule has 3 aromatic rings. The van der Waals surface area contributed by atoms with Crippen molar-refractivity contribution in [2.75, 3.05) is 4.72 Å². The number of aromatic nitrogens is 2. The molecule has 0 bridgehead atoms. The number of nitrogens with zero attached hydrogens (tertiary/aromatic N) is 2. The van der Waals surface area contributed by atoms with E-state index in [9.17, 15) is 8.42 Å². The van der Waals surface area contributed by atoms with Gasteiger partial charge in [0.15, 0.2) is 0 Å². The number of nitrogens with one attached hydrogen (secondary N) is 1. The van der Waals surface area contributed by atoms with Gasteiger partial charge in [-0.25, -0.2) is 8.42 Å². The summed E-state index contributed by atoms with van der Waals surface area (Å²) in [7, 11) is -3.68. The van der Waals surface area contributed by atoms with E-state index < -0.39 is 10.0 Å². The zero-order valence-corrected chi connectivity index (χ0v) is 12.5. The van der Waals surface area contributed by atoms with Crippen molar-refractivity contribution >= 4 is 15.7 Å². The van der Waals surface area contributed by atoms with Crippen molar-refractivity contribution in [3.63, 3.8) is 0 Å². The molecule has 22 heavy (non-hydrogen) atoms. The molecule has 0 radical (unpaired) electrons. The Morgan fingerprint density at radius 2 is 1.77 bits per heavy atom. The highest BCUT2D eigenvalue weighted by Crippen LogP contribution is 2.22. The monoisotopic (exact) mass is 315 g/mol. The van der Waals surface area contributed by atoms with Crippen LogP contribution in [0.3, 0.4) is 0 Å². The molecule has 0 aliphatic rings. The van der Waals surface area contributed by atoms with Crippen molar-refractivity contribution < 1.29 is 12.8 Å². The average Bonchev–Trinajstić information content (AvgIpc) is 2.95. The third-order valence-corrected chi connectivity index (χ3v) is 4.32. The molecule has 0 spiro atoms. The maximum atomic E-state index is 12.4. The quantitative estimate of drug-likeness (QED) is 0.800. The van der Waals surface area contributed by atoms with Crippen molar-refractivity contribution in [1.82, 2.24) is 10.2 Å². The smallest absolute Gasteiger partial charge is 0.261 e. The van der Waals surface area contributed by atoms with E-state index in [-0.39, 0.29) is 10.8 Å². The fourth-order valence-corrected chi connectivity index (χ4v) is 3.03. The molecule has 6 nitrogen and oxygen atoms in total. The molecule has 0 unspecified atom stereocenters. The molecular weight excluding hydrogens is 302 g/mol. The van der Waals surface area contributed by atoms with Crippen molar-refractivity contribution in [2.45, 2.75) is 11.8 Å². The SMILES string of the molecule is Cc1nnc(-c2cccc(S(=O)(=O)Nc3ccccc3)c2)o1. The van der Waals surface area contributed by atoms with Crippen LogP contribution in [0.5, 0.6) is 0 Å². The van der Waals surface area contributed by atoms with Gasteiger partial charge in [0.2, 0.25) is 11.8 Å². The summed E-state index contributed by atoms with van der Waals surface area (Å²) in [6, 6.07) is 15.1. The van der Waals surface area contributed by atoms with Gasteiger partial charge in [-0.05, 0) is 30.3 Å². The van der Waals surface area contributed by atoms with Gasteiger partial charge in [-0.3, -0.25) is 4.72 Å². The van der Waals surface area contributed by atoms with Gasteiger partial charge in [-0.15, -0.1) is 10.2 Å². The molecule has 1 heterocycles. The van der Waals surface area contributed by atoms with Gasteiger partial charge < -0.3 is 4.42 Å². The van der Waals surface area contributed by atoms with Gasteiger partial charge >= 0.3 is 0 Å². The van der Waals surface area contributed by atoms with Crippen molar-refractivity contribution in [2.24, 2.45) is 0 Å². The molecule has 1 N–H and O–H groups in total. The molecular formula is C15H13N3O3S. The van der Waals surface area contributed by atoms with Crippen LogP contribution in [0.15, 0.2) is 63.9 Å². The standard InChI is InChI=1S/C15H13N3O3S/c1-11-16-17-15(21-11)12-6-5-9-14(10-12)22(19,20)18-13-7-3-2-4-8-13/h2-10,18H,1H3. The number of aryl methyl sites for hydroxylation is 1. The van der Waals surface area contributed by atoms with Gasteiger partial charge in [0.25, 0.3) is 10.0 Å². The number of hydrogen-bond donors (Lipinski definition) is 1. The number of benzene rings is 2. The Bertz CT molecular complexity index is 889. The summed E-state index contributed by atoms with van der Waals surface area (Å²) in [6.07, 6.45) is 0. The molecule has 0 saturated heterocycles. The van der Waals surface area contributed by atoms with Gasteiger partial charge in [0.05, 0.1) is 4.90 Å². The average molecular weight is 315 g/mol. The number of rotatable bonds is 4. The van der Waals surface area contributed by atoms with E-state index >= 15 is 0 Å². The lowest BCUT2D eigenvalue weighted by Crippen LogP contribution is -2.12. The first kappa shape index (κ1) is 14.3. The highest BCUT2D eigenvalue weighted by Gasteiger charge is 2.16. The van der Waals surface area contributed by atoms with Gasteiger partial charge in [-0.1, -0.05) is 24.3 Å². The first-order chi connectivity index (χ1) is 10.5. The summed E-state index contributed by atoms with van der Waals surface area (Å²) < 4.78 is 32.7. The Labute approximate surface area is 127 Å². The van der Waals surface area contributed by atoms with Crippen LogP contribution < -0.4 is 4.72 Å². The molecule has 7 heteroatoms. The number of sulfonamides is 1. The van der Waals surface area contributed by atoms with Crippen LogP contribution in [0.4, 0.5) is 5.69 Å². The molecule has 0 aliphatic heterocycles. The van der Waals surface area contributed by atoms with E-state index in [1.165, 1.54) is 12.1 Å². The summed E-state index contributed by atoms with van der Waals surface area (Å²) in [5.74, 6) is 0.708. The molecule has 0 amide bonds. The van der Waals surface area contributed by atoms with Gasteiger partial charge in [0.1, 0.15) is 0 Å². The highest BCUT2D eigenvalue weighted by molar-refractivity contribution is 7.92. The predicted octanol–water partition coefficient (Wildman–Crippen LogP) is 2.85. The van der Waals surface area contributed by atoms with Crippen LogP contribution in [0.25, 0.3) is 11.5 Å². The summed E-state index contributed by atoms with van der Waals surface area (Å²) in [6.45, 7) is 1.67. The van der Waals surface area contributed by atoms with Crippen LogP contribution in [-0.2, 0) is 10.0 Å². The second-order valence-corrected chi connectivity index (χ2v) is 6.31. The highest BCUT2D eigenvalue weighted by atomic mass is 32.2. The molecule has 0 fully saturated rings. The van der Waals surface area contributed by atoms with Gasteiger partial charge in [0, 0.05) is 18.2 Å². The van der Waals surface area contributed by atoms with Crippen LogP contribution in [-0.4, -0.2) is 18.6 Å². The second-order valence-electron chi connectivity index (χ2n) is 4.63. The zero-order chi connectivity index (χ0) is 15.6. The molecule has 0 atom stereocenters. The minimum Gasteiger partial charge on any atom is -0.421 e. The van der Waals surface area contributed by atoms with Crippen molar-refractivity contribution in [3.8, 4) is 11.5 Å². The van der Waals surface area contributed by atoms with Crippen LogP contribution >= 0.6 is 0 Å². The summed E-state index contributed by atoms with van der Waals surface area (Å²) in [5.41, 5.74) is 1.05. The maximum absolute atomic E-state index is 12.4. The molecule has 112 valence electrons. The normalized spacial score (nSPS) is 11.3.